The minimum Gasteiger partial charge on any atom is -0.349 e. The van der Waals surface area contributed by atoms with Gasteiger partial charge in [-0.1, -0.05) is 37.3 Å². The molecule has 1 aliphatic rings. The number of amides is 1. The van der Waals surface area contributed by atoms with Gasteiger partial charge in [0.1, 0.15) is 5.70 Å². The number of carbonyl (C=O) groups excluding carboxylic acids is 3. The Labute approximate surface area is 192 Å². The van der Waals surface area contributed by atoms with Gasteiger partial charge in [0.15, 0.2) is 0 Å². The highest BCUT2D eigenvalue weighted by Crippen LogP contribution is 2.37. The second-order valence-electron chi connectivity index (χ2n) is 7.59. The van der Waals surface area contributed by atoms with Crippen molar-refractivity contribution in [2.75, 3.05) is 18.9 Å². The van der Waals surface area contributed by atoms with E-state index in [1.165, 1.54) is 5.01 Å². The quantitative estimate of drug-likeness (QED) is 0.504. The van der Waals surface area contributed by atoms with E-state index in [0.29, 0.717) is 18.7 Å². The van der Waals surface area contributed by atoms with Crippen LogP contribution < -0.4 is 5.32 Å². The summed E-state index contributed by atoms with van der Waals surface area (Å²) < 4.78 is 0. The molecule has 9 heteroatoms. The van der Waals surface area contributed by atoms with Gasteiger partial charge in [-0.05, 0) is 37.5 Å². The van der Waals surface area contributed by atoms with Crippen LogP contribution in [0.1, 0.15) is 43.9 Å². The summed E-state index contributed by atoms with van der Waals surface area (Å²) in [5.74, 6) is -2.00. The number of aryl methyl sites for hydroxylation is 1. The molecule has 0 bridgehead atoms. The van der Waals surface area contributed by atoms with E-state index in [1.807, 2.05) is 51.1 Å². The number of rotatable bonds is 7. The van der Waals surface area contributed by atoms with Crippen LogP contribution in [0.25, 0.3) is 0 Å². The Kier molecular flexibility index (Phi) is 7.78. The zero-order valence-corrected chi connectivity index (χ0v) is 19.2. The van der Waals surface area contributed by atoms with Crippen molar-refractivity contribution in [1.82, 2.24) is 15.0 Å². The molecule has 1 aromatic carbocycles. The summed E-state index contributed by atoms with van der Waals surface area (Å²) in [6.07, 6.45) is 3.87. The maximum absolute atomic E-state index is 13.4. The first-order valence-electron chi connectivity index (χ1n) is 10.8. The van der Waals surface area contributed by atoms with E-state index in [4.69, 9.17) is 9.78 Å². The molecule has 9 nitrogen and oxygen atoms in total. The fourth-order valence-electron chi connectivity index (χ4n) is 3.67. The first kappa shape index (κ1) is 23.9. The summed E-state index contributed by atoms with van der Waals surface area (Å²) in [7, 11) is 1.72. The number of hydrogen-bond acceptors (Lipinski definition) is 8. The SMILES string of the molecule is CCCC(=O)OOC(=O)C1=C(Nc2cnccc2C)C(=O)N(CC)N(C)C1c1ccccc1. The summed E-state index contributed by atoms with van der Waals surface area (Å²) in [6.45, 7) is 5.90. The van der Waals surface area contributed by atoms with Crippen molar-refractivity contribution in [3.63, 3.8) is 0 Å². The molecule has 0 spiro atoms. The standard InChI is InChI=1S/C24H28N4O5/c1-5-10-19(29)32-33-24(31)20-21(26-18-15-25-14-13-16(18)3)23(30)28(6-2)27(4)22(20)17-11-8-7-9-12-17/h7-9,11-15,22,26H,5-6,10H2,1-4H3. The van der Waals surface area contributed by atoms with Gasteiger partial charge in [0.2, 0.25) is 0 Å². The van der Waals surface area contributed by atoms with Crippen molar-refractivity contribution in [1.29, 1.82) is 0 Å². The molecule has 1 atom stereocenters. The molecule has 3 rings (SSSR count). The van der Waals surface area contributed by atoms with Gasteiger partial charge in [-0.3, -0.25) is 14.8 Å². The van der Waals surface area contributed by atoms with Crippen molar-refractivity contribution in [3.8, 4) is 0 Å². The Morgan fingerprint density at radius 2 is 1.85 bits per heavy atom. The van der Waals surface area contributed by atoms with Gasteiger partial charge in [-0.2, -0.15) is 0 Å². The predicted octanol–water partition coefficient (Wildman–Crippen LogP) is 3.31. The number of likely N-dealkylation sites (N-methyl/N-ethyl adjacent to an activating group) is 2. The monoisotopic (exact) mass is 452 g/mol. The van der Waals surface area contributed by atoms with Crippen molar-refractivity contribution in [2.45, 2.75) is 39.7 Å². The van der Waals surface area contributed by atoms with Crippen LogP contribution in [0.2, 0.25) is 0 Å². The molecule has 1 amide bonds. The Morgan fingerprint density at radius 3 is 2.48 bits per heavy atom. The van der Waals surface area contributed by atoms with Crippen LogP contribution in [0, 0.1) is 6.92 Å². The molecule has 0 fully saturated rings. The zero-order valence-electron chi connectivity index (χ0n) is 19.2. The summed E-state index contributed by atoms with van der Waals surface area (Å²) in [5.41, 5.74) is 2.24. The number of anilines is 1. The second kappa shape index (κ2) is 10.7. The van der Waals surface area contributed by atoms with E-state index in [0.717, 1.165) is 11.1 Å². The molecule has 2 heterocycles. The molecule has 0 radical (unpaired) electrons. The molecule has 1 aromatic heterocycles. The summed E-state index contributed by atoms with van der Waals surface area (Å²) in [6, 6.07) is 10.4. The van der Waals surface area contributed by atoms with E-state index in [1.54, 1.807) is 30.5 Å². The van der Waals surface area contributed by atoms with Crippen molar-refractivity contribution in [2.24, 2.45) is 0 Å². The van der Waals surface area contributed by atoms with Crippen molar-refractivity contribution < 1.29 is 24.2 Å². The molecule has 0 saturated heterocycles. The van der Waals surface area contributed by atoms with E-state index in [2.05, 4.69) is 10.3 Å². The molecule has 1 N–H and O–H groups in total. The number of nitrogens with zero attached hydrogens (tertiary/aromatic N) is 3. The molecule has 33 heavy (non-hydrogen) atoms. The second-order valence-corrected chi connectivity index (χ2v) is 7.59. The highest BCUT2D eigenvalue weighted by molar-refractivity contribution is 6.06. The lowest BCUT2D eigenvalue weighted by atomic mass is 9.94. The van der Waals surface area contributed by atoms with E-state index < -0.39 is 23.9 Å². The van der Waals surface area contributed by atoms with Crippen LogP contribution >= 0.6 is 0 Å². The number of benzene rings is 1. The molecule has 0 saturated carbocycles. The van der Waals surface area contributed by atoms with Gasteiger partial charge >= 0.3 is 11.9 Å². The van der Waals surface area contributed by atoms with Crippen LogP contribution in [0.4, 0.5) is 5.69 Å². The number of pyridine rings is 1. The minimum absolute atomic E-state index is 0.0333. The molecule has 2 aromatic rings. The van der Waals surface area contributed by atoms with Crippen LogP contribution in [0.15, 0.2) is 60.1 Å². The Morgan fingerprint density at radius 1 is 1.12 bits per heavy atom. The lowest BCUT2D eigenvalue weighted by molar-refractivity contribution is -0.256. The van der Waals surface area contributed by atoms with E-state index in [-0.39, 0.29) is 17.7 Å². The molecule has 0 aliphatic carbocycles. The van der Waals surface area contributed by atoms with E-state index in [9.17, 15) is 14.4 Å². The molecular formula is C24H28N4O5. The van der Waals surface area contributed by atoms with Gasteiger partial charge in [-0.25, -0.2) is 24.4 Å². The maximum Gasteiger partial charge on any atom is 0.386 e. The molecule has 174 valence electrons. The fraction of sp³-hybridized carbons (Fsp3) is 0.333. The first-order chi connectivity index (χ1) is 15.9. The Bertz CT molecular complexity index is 1050. The lowest BCUT2D eigenvalue weighted by Crippen LogP contribution is -2.53. The molecular weight excluding hydrogens is 424 g/mol. The fourth-order valence-corrected chi connectivity index (χ4v) is 3.67. The molecule has 1 aliphatic heterocycles. The average Bonchev–Trinajstić information content (AvgIpc) is 2.81. The van der Waals surface area contributed by atoms with Gasteiger partial charge in [0.25, 0.3) is 5.91 Å². The number of carbonyl (C=O) groups is 3. The van der Waals surface area contributed by atoms with Crippen LogP contribution in [0.3, 0.4) is 0 Å². The van der Waals surface area contributed by atoms with Crippen LogP contribution in [-0.4, -0.2) is 46.4 Å². The summed E-state index contributed by atoms with van der Waals surface area (Å²) in [4.78, 5) is 52.2. The number of aromatic nitrogens is 1. The smallest absolute Gasteiger partial charge is 0.349 e. The van der Waals surface area contributed by atoms with Crippen molar-refractivity contribution in [3.05, 3.63) is 71.2 Å². The third-order valence-electron chi connectivity index (χ3n) is 5.34. The molecule has 1 unspecified atom stereocenters. The van der Waals surface area contributed by atoms with Gasteiger partial charge in [0.05, 0.1) is 23.5 Å². The zero-order chi connectivity index (χ0) is 24.0. The van der Waals surface area contributed by atoms with Gasteiger partial charge in [0, 0.05) is 26.2 Å². The third-order valence-corrected chi connectivity index (χ3v) is 5.34. The van der Waals surface area contributed by atoms with Gasteiger partial charge < -0.3 is 5.32 Å². The van der Waals surface area contributed by atoms with Gasteiger partial charge in [-0.15, -0.1) is 0 Å². The topological polar surface area (TPSA) is 101 Å². The number of nitrogens with one attached hydrogen (secondary N) is 1. The Balaban J connectivity index is 2.13. The average molecular weight is 453 g/mol. The normalized spacial score (nSPS) is 16.5. The summed E-state index contributed by atoms with van der Waals surface area (Å²) >= 11 is 0. The third kappa shape index (κ3) is 5.20. The lowest BCUT2D eigenvalue weighted by Gasteiger charge is -2.42. The largest absolute Gasteiger partial charge is 0.386 e. The highest BCUT2D eigenvalue weighted by Gasteiger charge is 2.43. The highest BCUT2D eigenvalue weighted by atomic mass is 17.2. The summed E-state index contributed by atoms with van der Waals surface area (Å²) in [5, 5.41) is 6.30. The predicted molar refractivity (Wildman–Crippen MR) is 121 cm³/mol. The number of hydrogen-bond donors (Lipinski definition) is 1. The first-order valence-corrected chi connectivity index (χ1v) is 10.8. The van der Waals surface area contributed by atoms with Crippen molar-refractivity contribution >= 4 is 23.5 Å². The Hall–Kier alpha value is -3.72. The van der Waals surface area contributed by atoms with Crippen LogP contribution in [-0.2, 0) is 24.2 Å². The van der Waals surface area contributed by atoms with Crippen LogP contribution in [0.5, 0.6) is 0 Å². The maximum atomic E-state index is 13.4. The minimum atomic E-state index is -0.923. The van der Waals surface area contributed by atoms with E-state index >= 15 is 0 Å². The number of hydrazine groups is 1.